The SMILES string of the molecule is Cc1cc(=O)n(CC(=O)Nc2ccc3c(c2)OCCO3)c(-c2ccc(Cl)cc2)n1. The van der Waals surface area contributed by atoms with Gasteiger partial charge in [-0.2, -0.15) is 0 Å². The molecule has 29 heavy (non-hydrogen) atoms. The lowest BCUT2D eigenvalue weighted by atomic mass is 10.2. The zero-order valence-electron chi connectivity index (χ0n) is 15.6. The fourth-order valence-corrected chi connectivity index (χ4v) is 3.18. The van der Waals surface area contributed by atoms with Crippen molar-refractivity contribution in [3.63, 3.8) is 0 Å². The van der Waals surface area contributed by atoms with Crippen LogP contribution in [-0.2, 0) is 11.3 Å². The van der Waals surface area contributed by atoms with E-state index in [0.29, 0.717) is 52.5 Å². The number of carbonyl (C=O) groups is 1. The molecule has 1 N–H and O–H groups in total. The Kier molecular flexibility index (Phi) is 5.22. The number of nitrogens with one attached hydrogen (secondary N) is 1. The molecule has 0 radical (unpaired) electrons. The Morgan fingerprint density at radius 3 is 2.59 bits per heavy atom. The van der Waals surface area contributed by atoms with Crippen LogP contribution in [0.2, 0.25) is 5.02 Å². The molecule has 2 aromatic carbocycles. The van der Waals surface area contributed by atoms with Crippen LogP contribution < -0.4 is 20.3 Å². The van der Waals surface area contributed by atoms with Gasteiger partial charge in [0.15, 0.2) is 11.5 Å². The number of rotatable bonds is 4. The van der Waals surface area contributed by atoms with Crippen molar-refractivity contribution >= 4 is 23.2 Å². The molecule has 1 amide bonds. The Bertz CT molecular complexity index is 1130. The van der Waals surface area contributed by atoms with E-state index in [-0.39, 0.29) is 18.0 Å². The fourth-order valence-electron chi connectivity index (χ4n) is 3.06. The van der Waals surface area contributed by atoms with Gasteiger partial charge in [-0.3, -0.25) is 14.2 Å². The largest absolute Gasteiger partial charge is 0.486 e. The van der Waals surface area contributed by atoms with Gasteiger partial charge in [-0.1, -0.05) is 11.6 Å². The summed E-state index contributed by atoms with van der Waals surface area (Å²) in [5.74, 6) is 1.26. The Morgan fingerprint density at radius 2 is 1.83 bits per heavy atom. The maximum atomic E-state index is 12.6. The van der Waals surface area contributed by atoms with Crippen molar-refractivity contribution in [3.8, 4) is 22.9 Å². The lowest BCUT2D eigenvalue weighted by molar-refractivity contribution is -0.116. The van der Waals surface area contributed by atoms with E-state index in [0.717, 1.165) is 0 Å². The molecule has 0 bridgehead atoms. The zero-order valence-corrected chi connectivity index (χ0v) is 16.4. The molecular weight excluding hydrogens is 394 g/mol. The number of ether oxygens (including phenoxy) is 2. The Labute approximate surface area is 171 Å². The standard InChI is InChI=1S/C21H18ClN3O4/c1-13-10-20(27)25(21(23-13)14-2-4-15(22)5-3-14)12-19(26)24-16-6-7-17-18(11-16)29-9-8-28-17/h2-7,10-11H,8-9,12H2,1H3,(H,24,26). The van der Waals surface area contributed by atoms with Gasteiger partial charge < -0.3 is 14.8 Å². The first-order chi connectivity index (χ1) is 14.0. The molecule has 8 heteroatoms. The van der Waals surface area contributed by atoms with Crippen LogP contribution in [0.1, 0.15) is 5.69 Å². The molecule has 7 nitrogen and oxygen atoms in total. The minimum absolute atomic E-state index is 0.182. The van der Waals surface area contributed by atoms with E-state index in [1.54, 1.807) is 49.4 Å². The summed E-state index contributed by atoms with van der Waals surface area (Å²) in [4.78, 5) is 29.6. The quantitative estimate of drug-likeness (QED) is 0.712. The van der Waals surface area contributed by atoms with Gasteiger partial charge in [0.2, 0.25) is 5.91 Å². The first kappa shape index (κ1) is 19.0. The summed E-state index contributed by atoms with van der Waals surface area (Å²) < 4.78 is 12.3. The number of carbonyl (C=O) groups excluding carboxylic acids is 1. The highest BCUT2D eigenvalue weighted by Gasteiger charge is 2.15. The zero-order chi connectivity index (χ0) is 20.4. The van der Waals surface area contributed by atoms with Gasteiger partial charge in [-0.15, -0.1) is 0 Å². The highest BCUT2D eigenvalue weighted by atomic mass is 35.5. The summed E-state index contributed by atoms with van der Waals surface area (Å²) in [6.45, 7) is 2.51. The van der Waals surface area contributed by atoms with Gasteiger partial charge in [-0.05, 0) is 43.3 Å². The maximum absolute atomic E-state index is 12.6. The van der Waals surface area contributed by atoms with Crippen molar-refractivity contribution in [2.45, 2.75) is 13.5 Å². The number of halogens is 1. The van der Waals surface area contributed by atoms with Crippen molar-refractivity contribution in [2.75, 3.05) is 18.5 Å². The molecule has 1 aromatic heterocycles. The normalized spacial score (nSPS) is 12.5. The lowest BCUT2D eigenvalue weighted by Crippen LogP contribution is -2.29. The fraction of sp³-hybridized carbons (Fsp3) is 0.190. The van der Waals surface area contributed by atoms with Crippen molar-refractivity contribution in [1.29, 1.82) is 0 Å². The molecule has 1 aliphatic heterocycles. The number of anilines is 1. The molecular formula is C21H18ClN3O4. The van der Waals surface area contributed by atoms with Crippen LogP contribution in [0, 0.1) is 6.92 Å². The second kappa shape index (κ2) is 7.97. The topological polar surface area (TPSA) is 82.5 Å². The number of nitrogens with zero attached hydrogens (tertiary/aromatic N) is 2. The van der Waals surface area contributed by atoms with Crippen molar-refractivity contribution in [2.24, 2.45) is 0 Å². The Morgan fingerprint density at radius 1 is 1.10 bits per heavy atom. The third kappa shape index (κ3) is 4.25. The Balaban J connectivity index is 1.59. The summed E-state index contributed by atoms with van der Waals surface area (Å²) in [6, 6.07) is 13.5. The first-order valence-corrected chi connectivity index (χ1v) is 9.41. The minimum atomic E-state index is -0.357. The van der Waals surface area contributed by atoms with Crippen LogP contribution in [-0.4, -0.2) is 28.7 Å². The van der Waals surface area contributed by atoms with E-state index in [2.05, 4.69) is 10.3 Å². The molecule has 3 aromatic rings. The molecule has 4 rings (SSSR count). The summed E-state index contributed by atoms with van der Waals surface area (Å²) in [5, 5.41) is 3.36. The van der Waals surface area contributed by atoms with Gasteiger partial charge in [-0.25, -0.2) is 4.98 Å². The highest BCUT2D eigenvalue weighted by Crippen LogP contribution is 2.32. The third-order valence-corrected chi connectivity index (χ3v) is 4.62. The van der Waals surface area contributed by atoms with E-state index >= 15 is 0 Å². The predicted molar refractivity (Wildman–Crippen MR) is 110 cm³/mol. The molecule has 0 aliphatic carbocycles. The third-order valence-electron chi connectivity index (χ3n) is 4.37. The van der Waals surface area contributed by atoms with Crippen LogP contribution in [0.15, 0.2) is 53.3 Å². The number of aryl methyl sites for hydroxylation is 1. The highest BCUT2D eigenvalue weighted by molar-refractivity contribution is 6.30. The second-order valence-corrected chi connectivity index (χ2v) is 7.00. The number of benzene rings is 2. The summed E-state index contributed by atoms with van der Waals surface area (Å²) in [5.41, 5.74) is 1.52. The summed E-state index contributed by atoms with van der Waals surface area (Å²) >= 11 is 5.95. The first-order valence-electron chi connectivity index (χ1n) is 9.03. The molecule has 0 saturated carbocycles. The van der Waals surface area contributed by atoms with Crippen LogP contribution in [0.3, 0.4) is 0 Å². The molecule has 0 unspecified atom stereocenters. The van der Waals surface area contributed by atoms with Crippen LogP contribution in [0.25, 0.3) is 11.4 Å². The van der Waals surface area contributed by atoms with Crippen molar-refractivity contribution < 1.29 is 14.3 Å². The van der Waals surface area contributed by atoms with E-state index < -0.39 is 0 Å². The predicted octanol–water partition coefficient (Wildman–Crippen LogP) is 3.28. The molecule has 0 atom stereocenters. The average Bonchev–Trinajstić information content (AvgIpc) is 2.70. The van der Waals surface area contributed by atoms with E-state index in [9.17, 15) is 9.59 Å². The van der Waals surface area contributed by atoms with E-state index in [1.165, 1.54) is 10.6 Å². The molecule has 2 heterocycles. The Hall–Kier alpha value is -3.32. The smallest absolute Gasteiger partial charge is 0.254 e. The number of aromatic nitrogens is 2. The average molecular weight is 412 g/mol. The molecule has 0 spiro atoms. The van der Waals surface area contributed by atoms with Crippen LogP contribution in [0.5, 0.6) is 11.5 Å². The van der Waals surface area contributed by atoms with Gasteiger partial charge in [0, 0.05) is 34.1 Å². The van der Waals surface area contributed by atoms with Gasteiger partial charge in [0.1, 0.15) is 25.6 Å². The van der Waals surface area contributed by atoms with Crippen LogP contribution in [0.4, 0.5) is 5.69 Å². The van der Waals surface area contributed by atoms with Gasteiger partial charge in [0.05, 0.1) is 0 Å². The summed E-state index contributed by atoms with van der Waals surface area (Å²) in [6.07, 6.45) is 0. The van der Waals surface area contributed by atoms with E-state index in [4.69, 9.17) is 21.1 Å². The molecule has 0 saturated heterocycles. The summed E-state index contributed by atoms with van der Waals surface area (Å²) in [7, 11) is 0. The number of hydrogen-bond donors (Lipinski definition) is 1. The number of amides is 1. The van der Waals surface area contributed by atoms with Crippen molar-refractivity contribution in [1.82, 2.24) is 9.55 Å². The second-order valence-electron chi connectivity index (χ2n) is 6.56. The molecule has 148 valence electrons. The maximum Gasteiger partial charge on any atom is 0.254 e. The van der Waals surface area contributed by atoms with Crippen molar-refractivity contribution in [3.05, 3.63) is 69.6 Å². The molecule has 0 fully saturated rings. The number of fused-ring (bicyclic) bond motifs is 1. The monoisotopic (exact) mass is 411 g/mol. The number of hydrogen-bond acceptors (Lipinski definition) is 5. The minimum Gasteiger partial charge on any atom is -0.486 e. The molecule has 1 aliphatic rings. The van der Waals surface area contributed by atoms with Gasteiger partial charge in [0.25, 0.3) is 5.56 Å². The van der Waals surface area contributed by atoms with Gasteiger partial charge >= 0.3 is 0 Å². The van der Waals surface area contributed by atoms with E-state index in [1.807, 2.05) is 0 Å². The lowest BCUT2D eigenvalue weighted by Gasteiger charge is -2.19. The van der Waals surface area contributed by atoms with Crippen LogP contribution >= 0.6 is 11.6 Å².